The van der Waals surface area contributed by atoms with E-state index in [4.69, 9.17) is 0 Å². The molecule has 0 amide bonds. The Bertz CT molecular complexity index is 169. The van der Waals surface area contributed by atoms with E-state index >= 15 is 0 Å². The molecule has 0 aromatic carbocycles. The third kappa shape index (κ3) is 3.21. The lowest BCUT2D eigenvalue weighted by atomic mass is 10.0. The minimum atomic E-state index is 0.572. The molecule has 0 aliphatic rings. The normalized spacial score (nSPS) is 11.9. The van der Waals surface area contributed by atoms with Crippen LogP contribution >= 0.6 is 0 Å². The second kappa shape index (κ2) is 6.70. The Kier molecular flexibility index (Phi) is 6.29. The van der Waals surface area contributed by atoms with Crippen LogP contribution in [0.5, 0.6) is 0 Å². The Morgan fingerprint density at radius 1 is 1.38 bits per heavy atom. The predicted octanol–water partition coefficient (Wildman–Crippen LogP) is 2.92. The molecular formula is C11H22N2. The summed E-state index contributed by atoms with van der Waals surface area (Å²) in [6.45, 7) is 11.3. The number of nitrogens with zero attached hydrogens (tertiary/aromatic N) is 2. The summed E-state index contributed by atoms with van der Waals surface area (Å²) >= 11 is 0. The zero-order valence-electron chi connectivity index (χ0n) is 9.38. The van der Waals surface area contributed by atoms with E-state index in [9.17, 15) is 0 Å². The van der Waals surface area contributed by atoms with Gasteiger partial charge >= 0.3 is 0 Å². The second-order valence-corrected chi connectivity index (χ2v) is 3.06. The van der Waals surface area contributed by atoms with Crippen LogP contribution in [0.4, 0.5) is 0 Å². The highest BCUT2D eigenvalue weighted by atomic mass is 15.2. The van der Waals surface area contributed by atoms with Gasteiger partial charge in [-0.25, -0.2) is 0 Å². The summed E-state index contributed by atoms with van der Waals surface area (Å²) in [4.78, 5) is 6.47. The van der Waals surface area contributed by atoms with Gasteiger partial charge < -0.3 is 4.90 Å². The van der Waals surface area contributed by atoms with Crippen molar-refractivity contribution in [2.75, 3.05) is 13.6 Å². The van der Waals surface area contributed by atoms with Gasteiger partial charge in [-0.05, 0) is 26.0 Å². The fourth-order valence-electron chi connectivity index (χ4n) is 1.58. The molecular weight excluding hydrogens is 160 g/mol. The standard InChI is InChI=1S/C11H22N2/c1-6-10(7-2)11(12-5)13(8-3)9-4/h8,10H,3,6-7,9H2,1-2,4-5H3/b12-11-. The van der Waals surface area contributed by atoms with Crippen molar-refractivity contribution in [1.29, 1.82) is 0 Å². The molecule has 0 aliphatic heterocycles. The lowest BCUT2D eigenvalue weighted by molar-refractivity contribution is 0.508. The first-order valence-electron chi connectivity index (χ1n) is 5.10. The number of amidine groups is 1. The Hall–Kier alpha value is -0.790. The predicted molar refractivity (Wildman–Crippen MR) is 60.0 cm³/mol. The summed E-state index contributed by atoms with van der Waals surface area (Å²) in [5, 5.41) is 0. The molecule has 76 valence electrons. The van der Waals surface area contributed by atoms with E-state index in [2.05, 4.69) is 37.2 Å². The summed E-state index contributed by atoms with van der Waals surface area (Å²) in [6.07, 6.45) is 4.15. The Morgan fingerprint density at radius 3 is 2.15 bits per heavy atom. The number of aliphatic imine (C=N–C) groups is 1. The van der Waals surface area contributed by atoms with E-state index in [1.54, 1.807) is 0 Å². The molecule has 0 rings (SSSR count). The first kappa shape index (κ1) is 12.2. The molecule has 2 nitrogen and oxygen atoms in total. The van der Waals surface area contributed by atoms with Crippen LogP contribution in [0.25, 0.3) is 0 Å². The molecule has 0 spiro atoms. The van der Waals surface area contributed by atoms with Crippen LogP contribution in [0.2, 0.25) is 0 Å². The van der Waals surface area contributed by atoms with Gasteiger partial charge in [0.15, 0.2) is 0 Å². The van der Waals surface area contributed by atoms with Crippen LogP contribution in [0, 0.1) is 5.92 Å². The van der Waals surface area contributed by atoms with Gasteiger partial charge in [-0.1, -0.05) is 20.4 Å². The van der Waals surface area contributed by atoms with Crippen LogP contribution in [-0.2, 0) is 0 Å². The van der Waals surface area contributed by atoms with Crippen molar-refractivity contribution in [2.24, 2.45) is 10.9 Å². The van der Waals surface area contributed by atoms with Gasteiger partial charge in [-0.15, -0.1) is 0 Å². The van der Waals surface area contributed by atoms with Gasteiger partial charge in [0.1, 0.15) is 5.84 Å². The molecule has 13 heavy (non-hydrogen) atoms. The summed E-state index contributed by atoms with van der Waals surface area (Å²) in [6, 6.07) is 0. The monoisotopic (exact) mass is 182 g/mol. The number of hydrogen-bond acceptors (Lipinski definition) is 1. The summed E-state index contributed by atoms with van der Waals surface area (Å²) in [5.41, 5.74) is 0. The quantitative estimate of drug-likeness (QED) is 0.471. The maximum absolute atomic E-state index is 4.34. The fourth-order valence-corrected chi connectivity index (χ4v) is 1.58. The highest BCUT2D eigenvalue weighted by molar-refractivity contribution is 5.85. The Morgan fingerprint density at radius 2 is 1.92 bits per heavy atom. The van der Waals surface area contributed by atoms with E-state index in [1.165, 1.54) is 5.84 Å². The van der Waals surface area contributed by atoms with Gasteiger partial charge in [0.2, 0.25) is 0 Å². The summed E-state index contributed by atoms with van der Waals surface area (Å²) in [7, 11) is 1.86. The van der Waals surface area contributed by atoms with Crippen molar-refractivity contribution in [1.82, 2.24) is 4.90 Å². The molecule has 0 aromatic rings. The zero-order chi connectivity index (χ0) is 10.3. The Balaban J connectivity index is 4.56. The smallest absolute Gasteiger partial charge is 0.106 e. The number of hydrogen-bond donors (Lipinski definition) is 0. The molecule has 0 heterocycles. The molecule has 0 aromatic heterocycles. The lowest BCUT2D eigenvalue weighted by Gasteiger charge is -2.25. The maximum atomic E-state index is 4.34. The fraction of sp³-hybridized carbons (Fsp3) is 0.727. The molecule has 0 bridgehead atoms. The van der Waals surface area contributed by atoms with Crippen LogP contribution in [0.1, 0.15) is 33.6 Å². The van der Waals surface area contributed by atoms with Crippen molar-refractivity contribution < 1.29 is 0 Å². The molecule has 0 aliphatic carbocycles. The molecule has 0 fully saturated rings. The lowest BCUT2D eigenvalue weighted by Crippen LogP contribution is -2.31. The largest absolute Gasteiger partial charge is 0.337 e. The highest BCUT2D eigenvalue weighted by Gasteiger charge is 2.14. The molecule has 0 saturated carbocycles. The molecule has 2 heteroatoms. The van der Waals surface area contributed by atoms with Crippen LogP contribution in [0.15, 0.2) is 17.8 Å². The summed E-state index contributed by atoms with van der Waals surface area (Å²) < 4.78 is 0. The minimum absolute atomic E-state index is 0.572. The molecule has 0 radical (unpaired) electrons. The van der Waals surface area contributed by atoms with Gasteiger partial charge in [-0.2, -0.15) is 0 Å². The van der Waals surface area contributed by atoms with Crippen molar-refractivity contribution >= 4 is 5.84 Å². The average molecular weight is 182 g/mol. The molecule has 0 N–H and O–H groups in total. The highest BCUT2D eigenvalue weighted by Crippen LogP contribution is 2.13. The van der Waals surface area contributed by atoms with Crippen LogP contribution in [0.3, 0.4) is 0 Å². The van der Waals surface area contributed by atoms with Crippen molar-refractivity contribution in [3.05, 3.63) is 12.8 Å². The molecule has 0 unspecified atom stereocenters. The number of rotatable bonds is 5. The van der Waals surface area contributed by atoms with E-state index < -0.39 is 0 Å². The van der Waals surface area contributed by atoms with Crippen molar-refractivity contribution in [3.8, 4) is 0 Å². The van der Waals surface area contributed by atoms with E-state index in [1.807, 2.05) is 13.2 Å². The van der Waals surface area contributed by atoms with E-state index in [-0.39, 0.29) is 0 Å². The third-order valence-electron chi connectivity index (χ3n) is 2.44. The third-order valence-corrected chi connectivity index (χ3v) is 2.44. The van der Waals surface area contributed by atoms with E-state index in [0.717, 1.165) is 19.4 Å². The van der Waals surface area contributed by atoms with E-state index in [0.29, 0.717) is 5.92 Å². The van der Waals surface area contributed by atoms with Crippen molar-refractivity contribution in [2.45, 2.75) is 33.6 Å². The maximum Gasteiger partial charge on any atom is 0.106 e. The minimum Gasteiger partial charge on any atom is -0.337 e. The zero-order valence-corrected chi connectivity index (χ0v) is 9.38. The van der Waals surface area contributed by atoms with Gasteiger partial charge in [0.05, 0.1) is 0 Å². The topological polar surface area (TPSA) is 15.6 Å². The van der Waals surface area contributed by atoms with Gasteiger partial charge in [0.25, 0.3) is 0 Å². The molecule has 0 atom stereocenters. The Labute approximate surface area is 82.4 Å². The SMILES string of the molecule is C=CN(CC)/C(=N\C)C(CC)CC. The first-order chi connectivity index (χ1) is 6.24. The van der Waals surface area contributed by atoms with Crippen LogP contribution < -0.4 is 0 Å². The average Bonchev–Trinajstić information content (AvgIpc) is 2.18. The van der Waals surface area contributed by atoms with Crippen molar-refractivity contribution in [3.63, 3.8) is 0 Å². The molecule has 0 saturated heterocycles. The van der Waals surface area contributed by atoms with Gasteiger partial charge in [-0.3, -0.25) is 4.99 Å². The van der Waals surface area contributed by atoms with Gasteiger partial charge in [0, 0.05) is 19.5 Å². The first-order valence-corrected chi connectivity index (χ1v) is 5.10. The van der Waals surface area contributed by atoms with Crippen LogP contribution in [-0.4, -0.2) is 24.3 Å². The second-order valence-electron chi connectivity index (χ2n) is 3.06. The summed E-state index contributed by atoms with van der Waals surface area (Å²) in [5.74, 6) is 1.74.